The molecular formula is C25H26FN5O4S. The standard InChI is InChI=1S/C25H26FN5O4S/c1-35-13-12-27-22(33)15-36-25-29-19-5-3-2-4-18(19)23-30-24(34)20(31(23)25)10-11-21(32)28-14-16-6-8-17(26)9-7-16/h2-9,20H,10-15H2,1H3,(H,27,33)(H,28,32). The first-order valence-corrected chi connectivity index (χ1v) is 12.4. The van der Waals surface area contributed by atoms with E-state index in [1.807, 2.05) is 24.3 Å². The zero-order chi connectivity index (χ0) is 25.5. The van der Waals surface area contributed by atoms with Crippen LogP contribution >= 0.6 is 11.8 Å². The Labute approximate surface area is 212 Å². The van der Waals surface area contributed by atoms with Gasteiger partial charge in [-0.15, -0.1) is 0 Å². The molecule has 2 aliphatic rings. The number of nitrogens with one attached hydrogen (secondary N) is 2. The van der Waals surface area contributed by atoms with Crippen molar-refractivity contribution in [3.05, 3.63) is 65.5 Å². The van der Waals surface area contributed by atoms with Gasteiger partial charge in [0.15, 0.2) is 5.17 Å². The van der Waals surface area contributed by atoms with E-state index in [0.717, 1.165) is 11.1 Å². The van der Waals surface area contributed by atoms with Gasteiger partial charge >= 0.3 is 0 Å². The Bertz CT molecular complexity index is 1200. The average molecular weight is 512 g/mol. The van der Waals surface area contributed by atoms with Gasteiger partial charge in [0.25, 0.3) is 5.91 Å². The van der Waals surface area contributed by atoms with Crippen LogP contribution in [0.2, 0.25) is 0 Å². The molecule has 11 heteroatoms. The summed E-state index contributed by atoms with van der Waals surface area (Å²) < 4.78 is 18.0. The first-order chi connectivity index (χ1) is 17.5. The van der Waals surface area contributed by atoms with Crippen LogP contribution in [-0.2, 0) is 25.7 Å². The highest BCUT2D eigenvalue weighted by molar-refractivity contribution is 8.14. The number of aliphatic imine (C=N–C) groups is 2. The highest BCUT2D eigenvalue weighted by Crippen LogP contribution is 2.35. The number of methoxy groups -OCH3 is 1. The predicted octanol–water partition coefficient (Wildman–Crippen LogP) is 2.38. The summed E-state index contributed by atoms with van der Waals surface area (Å²) in [5.74, 6) is -0.531. The van der Waals surface area contributed by atoms with Crippen LogP contribution < -0.4 is 10.6 Å². The quantitative estimate of drug-likeness (QED) is 0.474. The Morgan fingerprint density at radius 1 is 1.08 bits per heavy atom. The molecule has 2 aromatic rings. The smallest absolute Gasteiger partial charge is 0.270 e. The lowest BCUT2D eigenvalue weighted by molar-refractivity contribution is -0.122. The van der Waals surface area contributed by atoms with Gasteiger partial charge in [0, 0.05) is 32.2 Å². The van der Waals surface area contributed by atoms with E-state index in [1.54, 1.807) is 24.1 Å². The summed E-state index contributed by atoms with van der Waals surface area (Å²) in [4.78, 5) is 48.3. The SMILES string of the molecule is COCCNC(=O)CSC1=Nc2ccccc2C2=NC(=O)C(CCC(=O)NCc3ccc(F)cc3)N12. The summed E-state index contributed by atoms with van der Waals surface area (Å²) in [5, 5.41) is 6.04. The lowest BCUT2D eigenvalue weighted by Gasteiger charge is -2.31. The van der Waals surface area contributed by atoms with Gasteiger partial charge in [0.2, 0.25) is 11.8 Å². The molecule has 0 spiro atoms. The van der Waals surface area contributed by atoms with E-state index in [2.05, 4.69) is 20.6 Å². The molecule has 0 bridgehead atoms. The molecule has 2 N–H and O–H groups in total. The van der Waals surface area contributed by atoms with Crippen LogP contribution in [0.5, 0.6) is 0 Å². The van der Waals surface area contributed by atoms with Crippen molar-refractivity contribution in [3.8, 4) is 0 Å². The van der Waals surface area contributed by atoms with E-state index in [9.17, 15) is 18.8 Å². The fourth-order valence-corrected chi connectivity index (χ4v) is 4.69. The zero-order valence-electron chi connectivity index (χ0n) is 19.7. The number of amidine groups is 2. The average Bonchev–Trinajstić information content (AvgIpc) is 3.22. The number of halogens is 1. The van der Waals surface area contributed by atoms with Crippen LogP contribution in [0.1, 0.15) is 24.0 Å². The molecule has 188 valence electrons. The molecule has 0 radical (unpaired) electrons. The Hall–Kier alpha value is -3.57. The van der Waals surface area contributed by atoms with Crippen LogP contribution in [0.25, 0.3) is 0 Å². The van der Waals surface area contributed by atoms with Crippen LogP contribution in [0, 0.1) is 5.82 Å². The lowest BCUT2D eigenvalue weighted by atomic mass is 10.1. The van der Waals surface area contributed by atoms with Gasteiger partial charge in [0.1, 0.15) is 17.7 Å². The van der Waals surface area contributed by atoms with E-state index in [-0.39, 0.29) is 48.7 Å². The fraction of sp³-hybridized carbons (Fsp3) is 0.320. The summed E-state index contributed by atoms with van der Waals surface area (Å²) in [6, 6.07) is 12.5. The number of hydrogen-bond donors (Lipinski definition) is 2. The maximum absolute atomic E-state index is 13.1. The second-order valence-corrected chi connectivity index (χ2v) is 9.09. The van der Waals surface area contributed by atoms with Crippen LogP contribution in [0.3, 0.4) is 0 Å². The third kappa shape index (κ3) is 6.16. The van der Waals surface area contributed by atoms with Gasteiger partial charge in [-0.1, -0.05) is 36.0 Å². The largest absolute Gasteiger partial charge is 0.383 e. The number of rotatable bonds is 10. The fourth-order valence-electron chi connectivity index (χ4n) is 3.81. The molecule has 3 amide bonds. The van der Waals surface area contributed by atoms with Crippen molar-refractivity contribution in [2.45, 2.75) is 25.4 Å². The Kier molecular flexibility index (Phi) is 8.44. The Morgan fingerprint density at radius 3 is 2.64 bits per heavy atom. The molecule has 2 heterocycles. The lowest BCUT2D eigenvalue weighted by Crippen LogP contribution is -2.44. The zero-order valence-corrected chi connectivity index (χ0v) is 20.5. The molecule has 9 nitrogen and oxygen atoms in total. The number of fused-ring (bicyclic) bond motifs is 3. The molecule has 36 heavy (non-hydrogen) atoms. The molecule has 0 aliphatic carbocycles. The van der Waals surface area contributed by atoms with Crippen molar-refractivity contribution in [1.29, 1.82) is 0 Å². The summed E-state index contributed by atoms with van der Waals surface area (Å²) in [7, 11) is 1.56. The summed E-state index contributed by atoms with van der Waals surface area (Å²) in [5.41, 5.74) is 2.16. The van der Waals surface area contributed by atoms with E-state index < -0.39 is 6.04 Å². The first-order valence-electron chi connectivity index (χ1n) is 11.5. The third-order valence-corrected chi connectivity index (χ3v) is 6.57. The monoisotopic (exact) mass is 511 g/mol. The maximum Gasteiger partial charge on any atom is 0.270 e. The Morgan fingerprint density at radius 2 is 1.86 bits per heavy atom. The molecule has 0 saturated heterocycles. The number of hydrogen-bond acceptors (Lipinski definition) is 7. The minimum atomic E-state index is -0.701. The van der Waals surface area contributed by atoms with E-state index in [1.165, 1.54) is 23.9 Å². The number of benzene rings is 2. The van der Waals surface area contributed by atoms with Crippen molar-refractivity contribution in [2.24, 2.45) is 9.98 Å². The molecule has 1 atom stereocenters. The summed E-state index contributed by atoms with van der Waals surface area (Å²) in [6.07, 6.45) is 0.316. The van der Waals surface area contributed by atoms with Crippen LogP contribution in [0.15, 0.2) is 58.5 Å². The number of nitrogens with zero attached hydrogens (tertiary/aromatic N) is 3. The van der Waals surface area contributed by atoms with Crippen molar-refractivity contribution >= 4 is 46.2 Å². The third-order valence-electron chi connectivity index (χ3n) is 5.62. The van der Waals surface area contributed by atoms with Gasteiger partial charge in [-0.05, 0) is 36.2 Å². The van der Waals surface area contributed by atoms with Crippen LogP contribution in [-0.4, -0.2) is 65.7 Å². The molecule has 0 saturated carbocycles. The number of para-hydroxylation sites is 1. The van der Waals surface area contributed by atoms with Gasteiger partial charge in [-0.2, -0.15) is 4.99 Å². The highest BCUT2D eigenvalue weighted by atomic mass is 32.2. The van der Waals surface area contributed by atoms with E-state index >= 15 is 0 Å². The highest BCUT2D eigenvalue weighted by Gasteiger charge is 2.41. The summed E-state index contributed by atoms with van der Waals surface area (Å²) >= 11 is 1.21. The maximum atomic E-state index is 13.1. The minimum absolute atomic E-state index is 0.0913. The van der Waals surface area contributed by atoms with Crippen molar-refractivity contribution in [3.63, 3.8) is 0 Å². The van der Waals surface area contributed by atoms with E-state index in [4.69, 9.17) is 4.74 Å². The molecule has 0 aromatic heterocycles. The van der Waals surface area contributed by atoms with Gasteiger partial charge in [0.05, 0.1) is 18.0 Å². The molecule has 2 aromatic carbocycles. The number of carbonyl (C=O) groups excluding carboxylic acids is 3. The number of carbonyl (C=O) groups is 3. The molecule has 2 aliphatic heterocycles. The number of amides is 3. The topological polar surface area (TPSA) is 112 Å². The minimum Gasteiger partial charge on any atom is -0.383 e. The molecule has 0 fully saturated rings. The molecular weight excluding hydrogens is 485 g/mol. The van der Waals surface area contributed by atoms with Crippen molar-refractivity contribution in [1.82, 2.24) is 15.5 Å². The molecule has 4 rings (SSSR count). The van der Waals surface area contributed by atoms with Crippen molar-refractivity contribution < 1.29 is 23.5 Å². The van der Waals surface area contributed by atoms with Crippen LogP contribution in [0.4, 0.5) is 10.1 Å². The second kappa shape index (κ2) is 11.9. The normalized spacial score (nSPS) is 16.1. The number of thioether (sulfide) groups is 1. The van der Waals surface area contributed by atoms with Crippen molar-refractivity contribution in [2.75, 3.05) is 26.0 Å². The predicted molar refractivity (Wildman–Crippen MR) is 136 cm³/mol. The first kappa shape index (κ1) is 25.5. The van der Waals surface area contributed by atoms with Gasteiger partial charge < -0.3 is 15.4 Å². The number of ether oxygens (including phenoxy) is 1. The molecule has 1 unspecified atom stereocenters. The van der Waals surface area contributed by atoms with E-state index in [0.29, 0.717) is 29.8 Å². The summed E-state index contributed by atoms with van der Waals surface area (Å²) in [6.45, 7) is 1.07. The Balaban J connectivity index is 1.42. The van der Waals surface area contributed by atoms with Gasteiger partial charge in [-0.25, -0.2) is 9.38 Å². The second-order valence-electron chi connectivity index (χ2n) is 8.14. The van der Waals surface area contributed by atoms with Gasteiger partial charge in [-0.3, -0.25) is 19.3 Å².